The highest BCUT2D eigenvalue weighted by molar-refractivity contribution is 7.15. The smallest absolute Gasteiger partial charge is 0.308 e. The molecule has 3 rings (SSSR count). The van der Waals surface area contributed by atoms with Crippen LogP contribution in [0.15, 0.2) is 54.6 Å². The second-order valence-corrected chi connectivity index (χ2v) is 6.26. The Hall–Kier alpha value is -2.17. The number of aliphatic carboxylic acids is 1. The standard InChI is InChI=1S/C17H12ClNO2S/c18-13-8-4-7-12(9-13)17-19-16(11-5-2-1-3-6-11)14(22-17)10-15(20)21/h1-9H,10H2,(H,20,21). The highest BCUT2D eigenvalue weighted by Gasteiger charge is 2.16. The lowest BCUT2D eigenvalue weighted by atomic mass is 10.1. The van der Waals surface area contributed by atoms with Crippen molar-refractivity contribution in [2.24, 2.45) is 0 Å². The predicted molar refractivity (Wildman–Crippen MR) is 89.3 cm³/mol. The van der Waals surface area contributed by atoms with Gasteiger partial charge >= 0.3 is 5.97 Å². The third-order valence-corrected chi connectivity index (χ3v) is 4.47. The third kappa shape index (κ3) is 3.18. The van der Waals surface area contributed by atoms with Crippen molar-refractivity contribution >= 4 is 28.9 Å². The van der Waals surface area contributed by atoms with E-state index < -0.39 is 5.97 Å². The number of thiazole rings is 1. The Morgan fingerprint density at radius 2 is 1.82 bits per heavy atom. The minimum Gasteiger partial charge on any atom is -0.481 e. The van der Waals surface area contributed by atoms with E-state index in [2.05, 4.69) is 4.98 Å². The van der Waals surface area contributed by atoms with Gasteiger partial charge in [0.2, 0.25) is 0 Å². The van der Waals surface area contributed by atoms with Crippen molar-refractivity contribution < 1.29 is 9.90 Å². The van der Waals surface area contributed by atoms with Crippen molar-refractivity contribution in [2.45, 2.75) is 6.42 Å². The normalized spacial score (nSPS) is 10.6. The van der Waals surface area contributed by atoms with Crippen LogP contribution < -0.4 is 0 Å². The first kappa shape index (κ1) is 14.8. The van der Waals surface area contributed by atoms with E-state index in [0.29, 0.717) is 5.02 Å². The van der Waals surface area contributed by atoms with E-state index in [4.69, 9.17) is 16.7 Å². The number of carboxylic acids is 1. The molecule has 5 heteroatoms. The fraction of sp³-hybridized carbons (Fsp3) is 0.0588. The molecular weight excluding hydrogens is 318 g/mol. The maximum absolute atomic E-state index is 11.1. The SMILES string of the molecule is O=C(O)Cc1sc(-c2cccc(Cl)c2)nc1-c1ccccc1. The van der Waals surface area contributed by atoms with Crippen molar-refractivity contribution in [2.75, 3.05) is 0 Å². The van der Waals surface area contributed by atoms with Crippen LogP contribution in [0.2, 0.25) is 5.02 Å². The summed E-state index contributed by atoms with van der Waals surface area (Å²) in [6.07, 6.45) is -0.0392. The summed E-state index contributed by atoms with van der Waals surface area (Å²) in [5, 5.41) is 10.5. The molecule has 110 valence electrons. The average molecular weight is 330 g/mol. The lowest BCUT2D eigenvalue weighted by Crippen LogP contribution is -1.99. The van der Waals surface area contributed by atoms with E-state index in [1.165, 1.54) is 11.3 Å². The summed E-state index contributed by atoms with van der Waals surface area (Å²) in [7, 11) is 0. The minimum atomic E-state index is -0.863. The third-order valence-electron chi connectivity index (χ3n) is 3.13. The van der Waals surface area contributed by atoms with Gasteiger partial charge in [0.05, 0.1) is 12.1 Å². The molecule has 0 unspecified atom stereocenters. The number of hydrogen-bond donors (Lipinski definition) is 1. The van der Waals surface area contributed by atoms with E-state index in [1.54, 1.807) is 6.07 Å². The molecule has 0 aliphatic rings. The summed E-state index contributed by atoms with van der Waals surface area (Å²) in [6, 6.07) is 17.0. The molecule has 2 aromatic carbocycles. The van der Waals surface area contributed by atoms with Crippen molar-refractivity contribution in [1.82, 2.24) is 4.98 Å². The topological polar surface area (TPSA) is 50.2 Å². The Morgan fingerprint density at radius 1 is 1.09 bits per heavy atom. The van der Waals surface area contributed by atoms with Gasteiger partial charge < -0.3 is 5.11 Å². The summed E-state index contributed by atoms with van der Waals surface area (Å²) in [5.41, 5.74) is 2.54. The molecule has 0 fully saturated rings. The Morgan fingerprint density at radius 3 is 2.50 bits per heavy atom. The summed E-state index contributed by atoms with van der Waals surface area (Å²) >= 11 is 7.42. The van der Waals surface area contributed by atoms with Crippen LogP contribution in [0, 0.1) is 0 Å². The highest BCUT2D eigenvalue weighted by Crippen LogP contribution is 2.34. The van der Waals surface area contributed by atoms with Crippen LogP contribution in [0.3, 0.4) is 0 Å². The summed E-state index contributed by atoms with van der Waals surface area (Å²) in [6.45, 7) is 0. The second kappa shape index (κ2) is 6.30. The van der Waals surface area contributed by atoms with Crippen LogP contribution in [0.5, 0.6) is 0 Å². The van der Waals surface area contributed by atoms with Gasteiger partial charge in [-0.3, -0.25) is 4.79 Å². The van der Waals surface area contributed by atoms with Gasteiger partial charge in [-0.1, -0.05) is 54.1 Å². The molecular formula is C17H12ClNO2S. The summed E-state index contributed by atoms with van der Waals surface area (Å²) < 4.78 is 0. The monoisotopic (exact) mass is 329 g/mol. The van der Waals surface area contributed by atoms with Crippen molar-refractivity contribution in [3.8, 4) is 21.8 Å². The van der Waals surface area contributed by atoms with Gasteiger partial charge in [0.15, 0.2) is 0 Å². The van der Waals surface area contributed by atoms with E-state index in [0.717, 1.165) is 26.7 Å². The van der Waals surface area contributed by atoms with Gasteiger partial charge in [-0.2, -0.15) is 0 Å². The van der Waals surface area contributed by atoms with Gasteiger partial charge in [-0.05, 0) is 12.1 Å². The Bertz CT molecular complexity index is 815. The number of benzene rings is 2. The molecule has 0 spiro atoms. The number of rotatable bonds is 4. The highest BCUT2D eigenvalue weighted by atomic mass is 35.5. The number of hydrogen-bond acceptors (Lipinski definition) is 3. The molecule has 0 bridgehead atoms. The van der Waals surface area contributed by atoms with Crippen LogP contribution in [0.25, 0.3) is 21.8 Å². The van der Waals surface area contributed by atoms with Crippen molar-refractivity contribution in [3.63, 3.8) is 0 Å². The minimum absolute atomic E-state index is 0.0392. The molecule has 3 nitrogen and oxygen atoms in total. The zero-order chi connectivity index (χ0) is 15.5. The van der Waals surface area contributed by atoms with Crippen LogP contribution >= 0.6 is 22.9 Å². The number of carboxylic acid groups (broad SMARTS) is 1. The van der Waals surface area contributed by atoms with Crippen LogP contribution in [-0.4, -0.2) is 16.1 Å². The molecule has 1 N–H and O–H groups in total. The second-order valence-electron chi connectivity index (χ2n) is 4.74. The maximum atomic E-state index is 11.1. The number of carbonyl (C=O) groups is 1. The largest absolute Gasteiger partial charge is 0.481 e. The van der Waals surface area contributed by atoms with Gasteiger partial charge in [0.25, 0.3) is 0 Å². The zero-order valence-corrected chi connectivity index (χ0v) is 13.1. The Balaban J connectivity index is 2.10. The summed E-state index contributed by atoms with van der Waals surface area (Å²) in [5.74, 6) is -0.863. The fourth-order valence-corrected chi connectivity index (χ4v) is 3.44. The number of nitrogens with zero attached hydrogens (tertiary/aromatic N) is 1. The van der Waals surface area contributed by atoms with Crippen LogP contribution in [0.4, 0.5) is 0 Å². The molecule has 22 heavy (non-hydrogen) atoms. The Kier molecular flexibility index (Phi) is 4.22. The van der Waals surface area contributed by atoms with Crippen molar-refractivity contribution in [1.29, 1.82) is 0 Å². The van der Waals surface area contributed by atoms with Crippen molar-refractivity contribution in [3.05, 3.63) is 64.5 Å². The molecule has 0 amide bonds. The lowest BCUT2D eigenvalue weighted by molar-refractivity contribution is -0.136. The average Bonchev–Trinajstić information content (AvgIpc) is 2.91. The molecule has 0 saturated heterocycles. The molecule has 1 heterocycles. The molecule has 0 atom stereocenters. The van der Waals surface area contributed by atoms with Gasteiger partial charge in [-0.25, -0.2) is 4.98 Å². The molecule has 3 aromatic rings. The quantitative estimate of drug-likeness (QED) is 0.751. The zero-order valence-electron chi connectivity index (χ0n) is 11.5. The maximum Gasteiger partial charge on any atom is 0.308 e. The molecule has 0 aliphatic carbocycles. The molecule has 1 aromatic heterocycles. The van der Waals surface area contributed by atoms with Crippen LogP contribution in [-0.2, 0) is 11.2 Å². The van der Waals surface area contributed by atoms with E-state index in [1.807, 2.05) is 48.5 Å². The predicted octanol–water partition coefficient (Wildman–Crippen LogP) is 4.76. The van der Waals surface area contributed by atoms with Gasteiger partial charge in [-0.15, -0.1) is 11.3 Å². The Labute approximate surface area is 136 Å². The first-order chi connectivity index (χ1) is 10.6. The molecule has 0 radical (unpaired) electrons. The molecule has 0 saturated carbocycles. The first-order valence-electron chi connectivity index (χ1n) is 6.66. The van der Waals surface area contributed by atoms with Crippen LogP contribution in [0.1, 0.15) is 4.88 Å². The number of halogens is 1. The van der Waals surface area contributed by atoms with E-state index in [-0.39, 0.29) is 6.42 Å². The van der Waals surface area contributed by atoms with Gasteiger partial charge in [0, 0.05) is 21.0 Å². The fourth-order valence-electron chi connectivity index (χ4n) is 2.18. The summed E-state index contributed by atoms with van der Waals surface area (Å²) in [4.78, 5) is 16.5. The first-order valence-corrected chi connectivity index (χ1v) is 7.86. The van der Waals surface area contributed by atoms with E-state index in [9.17, 15) is 4.79 Å². The number of aromatic nitrogens is 1. The van der Waals surface area contributed by atoms with E-state index >= 15 is 0 Å². The van der Waals surface area contributed by atoms with Gasteiger partial charge in [0.1, 0.15) is 5.01 Å². The lowest BCUT2D eigenvalue weighted by Gasteiger charge is -1.99. The molecule has 0 aliphatic heterocycles.